The predicted octanol–water partition coefficient (Wildman–Crippen LogP) is -1.10. The molecule has 0 aromatic heterocycles. The van der Waals surface area contributed by atoms with Crippen LogP contribution in [0.15, 0.2) is 29.2 Å². The maximum Gasteiger partial charge on any atom is 0.246 e. The quantitative estimate of drug-likeness (QED) is 0.740. The van der Waals surface area contributed by atoms with Gasteiger partial charge in [0.2, 0.25) is 10.0 Å². The van der Waals surface area contributed by atoms with E-state index < -0.39 is 25.7 Å². The van der Waals surface area contributed by atoms with Crippen LogP contribution in [-0.4, -0.2) is 64.9 Å². The number of halogens is 1. The lowest BCUT2D eigenvalue weighted by atomic mass is 10.2. The summed E-state index contributed by atoms with van der Waals surface area (Å²) in [5.41, 5.74) is 0. The minimum atomic E-state index is -3.84. The second-order valence-electron chi connectivity index (χ2n) is 6.09. The lowest BCUT2D eigenvalue weighted by Gasteiger charge is -2.34. The molecule has 1 aromatic carbocycles. The molecule has 6 nitrogen and oxygen atoms in total. The Balaban J connectivity index is 1.68. The molecular weight excluding hydrogens is 343 g/mol. The zero-order valence-corrected chi connectivity index (χ0v) is 14.2. The summed E-state index contributed by atoms with van der Waals surface area (Å²) in [6, 6.07) is 5.42. The Morgan fingerprint density at radius 3 is 2.39 bits per heavy atom. The van der Waals surface area contributed by atoms with Crippen molar-refractivity contribution in [3.8, 4) is 0 Å². The molecule has 2 saturated heterocycles. The number of hydrogen-bond acceptors (Lipinski definition) is 4. The highest BCUT2D eigenvalue weighted by Gasteiger charge is 2.39. The standard InChI is InChI=1S/C14H19FN2O4S2/c15-13-3-1-2-4-14(13)23(20,21)17-8-6-16(7-9-17)12-5-10-22(18,19)11-12/h1-4,12H,5-11H2/p+1/t12-/m1/s1. The van der Waals surface area contributed by atoms with E-state index in [1.165, 1.54) is 22.5 Å². The molecule has 0 unspecified atom stereocenters. The molecule has 3 rings (SSSR count). The maximum absolute atomic E-state index is 13.8. The molecule has 1 N–H and O–H groups in total. The fraction of sp³-hybridized carbons (Fsp3) is 0.571. The van der Waals surface area contributed by atoms with Crippen molar-refractivity contribution in [2.45, 2.75) is 17.4 Å². The zero-order chi connectivity index (χ0) is 16.7. The van der Waals surface area contributed by atoms with E-state index in [1.807, 2.05) is 0 Å². The molecule has 0 bridgehead atoms. The summed E-state index contributed by atoms with van der Waals surface area (Å²) in [6.07, 6.45) is 0.637. The van der Waals surface area contributed by atoms with Gasteiger partial charge in [0.05, 0.1) is 31.9 Å². The third kappa shape index (κ3) is 3.42. The number of sulfone groups is 1. The Morgan fingerprint density at radius 1 is 1.17 bits per heavy atom. The van der Waals surface area contributed by atoms with Crippen LogP contribution >= 0.6 is 0 Å². The Morgan fingerprint density at radius 2 is 1.83 bits per heavy atom. The molecule has 0 radical (unpaired) electrons. The molecule has 9 heteroatoms. The van der Waals surface area contributed by atoms with Crippen LogP contribution in [0, 0.1) is 5.82 Å². The number of rotatable bonds is 3. The maximum atomic E-state index is 13.8. The van der Waals surface area contributed by atoms with Crippen molar-refractivity contribution in [2.24, 2.45) is 0 Å². The van der Waals surface area contributed by atoms with Gasteiger partial charge in [0.1, 0.15) is 22.5 Å². The minimum Gasteiger partial charge on any atom is -0.329 e. The average Bonchev–Trinajstić information content (AvgIpc) is 2.88. The van der Waals surface area contributed by atoms with Crippen molar-refractivity contribution in [1.82, 2.24) is 4.31 Å². The number of nitrogens with zero attached hydrogens (tertiary/aromatic N) is 1. The van der Waals surface area contributed by atoms with Crippen LogP contribution in [0.5, 0.6) is 0 Å². The van der Waals surface area contributed by atoms with Gasteiger partial charge in [-0.25, -0.2) is 21.2 Å². The molecule has 2 aliphatic heterocycles. The van der Waals surface area contributed by atoms with E-state index in [-0.39, 0.29) is 35.5 Å². The molecule has 2 aliphatic rings. The fourth-order valence-corrected chi connectivity index (χ4v) is 6.66. The first-order valence-corrected chi connectivity index (χ1v) is 10.9. The van der Waals surface area contributed by atoms with Crippen LogP contribution in [0.3, 0.4) is 0 Å². The highest BCUT2D eigenvalue weighted by molar-refractivity contribution is 7.91. The first-order chi connectivity index (χ1) is 10.8. The Hall–Kier alpha value is -1.03. The number of sulfonamides is 1. The van der Waals surface area contributed by atoms with Gasteiger partial charge in [-0.3, -0.25) is 0 Å². The second kappa shape index (κ2) is 6.12. The van der Waals surface area contributed by atoms with Gasteiger partial charge in [-0.1, -0.05) is 12.1 Å². The van der Waals surface area contributed by atoms with E-state index in [9.17, 15) is 21.2 Å². The summed E-state index contributed by atoms with van der Waals surface area (Å²) in [7, 11) is -6.77. The van der Waals surface area contributed by atoms with Gasteiger partial charge in [-0.05, 0) is 12.1 Å². The molecule has 0 amide bonds. The normalized spacial score (nSPS) is 26.4. The van der Waals surface area contributed by atoms with E-state index in [1.54, 1.807) is 0 Å². The molecular formula is C14H20FN2O4S2+. The van der Waals surface area contributed by atoms with Crippen molar-refractivity contribution in [3.63, 3.8) is 0 Å². The third-order valence-electron chi connectivity index (χ3n) is 4.63. The molecule has 0 spiro atoms. The highest BCUT2D eigenvalue weighted by atomic mass is 32.2. The lowest BCUT2D eigenvalue weighted by Crippen LogP contribution is -3.18. The van der Waals surface area contributed by atoms with Gasteiger partial charge in [0.15, 0.2) is 9.84 Å². The molecule has 1 aromatic rings. The van der Waals surface area contributed by atoms with Gasteiger partial charge in [0.25, 0.3) is 0 Å². The lowest BCUT2D eigenvalue weighted by molar-refractivity contribution is -0.925. The minimum absolute atomic E-state index is 0.0540. The van der Waals surface area contributed by atoms with Crippen molar-refractivity contribution in [3.05, 3.63) is 30.1 Å². The average molecular weight is 363 g/mol. The molecule has 2 heterocycles. The third-order valence-corrected chi connectivity index (χ3v) is 8.33. The van der Waals surface area contributed by atoms with Crippen LogP contribution in [0.1, 0.15) is 6.42 Å². The monoisotopic (exact) mass is 363 g/mol. The van der Waals surface area contributed by atoms with Crippen LogP contribution in [0.2, 0.25) is 0 Å². The first-order valence-electron chi connectivity index (χ1n) is 7.59. The largest absolute Gasteiger partial charge is 0.329 e. The smallest absolute Gasteiger partial charge is 0.246 e. The van der Waals surface area contributed by atoms with Crippen molar-refractivity contribution < 1.29 is 26.1 Å². The number of piperazine rings is 1. The van der Waals surface area contributed by atoms with Crippen molar-refractivity contribution in [1.29, 1.82) is 0 Å². The number of benzene rings is 1. The van der Waals surface area contributed by atoms with Crippen molar-refractivity contribution in [2.75, 3.05) is 37.7 Å². The summed E-state index contributed by atoms with van der Waals surface area (Å²) >= 11 is 0. The van der Waals surface area contributed by atoms with Crippen molar-refractivity contribution >= 4 is 19.9 Å². The molecule has 0 saturated carbocycles. The van der Waals surface area contributed by atoms with E-state index in [2.05, 4.69) is 0 Å². The Kier molecular flexibility index (Phi) is 4.47. The van der Waals surface area contributed by atoms with E-state index in [0.717, 1.165) is 11.0 Å². The van der Waals surface area contributed by atoms with Crippen LogP contribution < -0.4 is 4.90 Å². The van der Waals surface area contributed by atoms with E-state index in [0.29, 0.717) is 19.5 Å². The summed E-state index contributed by atoms with van der Waals surface area (Å²) in [5, 5.41) is 0. The van der Waals surface area contributed by atoms with Gasteiger partial charge >= 0.3 is 0 Å². The van der Waals surface area contributed by atoms with Gasteiger partial charge in [0, 0.05) is 6.42 Å². The predicted molar refractivity (Wildman–Crippen MR) is 82.9 cm³/mol. The van der Waals surface area contributed by atoms with Crippen LogP contribution in [0.25, 0.3) is 0 Å². The molecule has 23 heavy (non-hydrogen) atoms. The molecule has 1 atom stereocenters. The van der Waals surface area contributed by atoms with E-state index >= 15 is 0 Å². The van der Waals surface area contributed by atoms with E-state index in [4.69, 9.17) is 0 Å². The van der Waals surface area contributed by atoms with Gasteiger partial charge in [-0.15, -0.1) is 0 Å². The molecule has 128 valence electrons. The Labute approximate surface area is 135 Å². The number of nitrogens with one attached hydrogen (secondary N) is 1. The van der Waals surface area contributed by atoms with Gasteiger partial charge < -0.3 is 4.90 Å². The summed E-state index contributed by atoms with van der Waals surface area (Å²) in [5.74, 6) is -0.343. The number of quaternary nitrogens is 1. The topological polar surface area (TPSA) is 76.0 Å². The van der Waals surface area contributed by atoms with Crippen LogP contribution in [-0.2, 0) is 19.9 Å². The first kappa shape index (κ1) is 16.8. The summed E-state index contributed by atoms with van der Waals surface area (Å²) in [6.45, 7) is 1.66. The fourth-order valence-electron chi connectivity index (χ4n) is 3.33. The second-order valence-corrected chi connectivity index (χ2v) is 10.2. The number of hydrogen-bond donors (Lipinski definition) is 1. The molecule has 2 fully saturated rings. The Bertz CT molecular complexity index is 787. The highest BCUT2D eigenvalue weighted by Crippen LogP contribution is 2.19. The van der Waals surface area contributed by atoms with Gasteiger partial charge in [-0.2, -0.15) is 4.31 Å². The summed E-state index contributed by atoms with van der Waals surface area (Å²) < 4.78 is 63.2. The van der Waals surface area contributed by atoms with Crippen LogP contribution in [0.4, 0.5) is 4.39 Å². The molecule has 0 aliphatic carbocycles. The summed E-state index contributed by atoms with van der Waals surface area (Å²) in [4.78, 5) is 0.831. The zero-order valence-electron chi connectivity index (χ0n) is 12.6. The SMILES string of the molecule is O=S1(=O)CC[C@@H]([NH+]2CCN(S(=O)(=O)c3ccccc3F)CC2)C1.